The summed E-state index contributed by atoms with van der Waals surface area (Å²) in [6.45, 7) is 5.10. The van der Waals surface area contributed by atoms with Crippen LogP contribution in [0.2, 0.25) is 0 Å². The van der Waals surface area contributed by atoms with Gasteiger partial charge in [0.1, 0.15) is 0 Å². The van der Waals surface area contributed by atoms with Crippen LogP contribution in [0.25, 0.3) is 0 Å². The van der Waals surface area contributed by atoms with Crippen molar-refractivity contribution in [1.82, 2.24) is 0 Å². The molecule has 2 aliphatic carbocycles. The van der Waals surface area contributed by atoms with Gasteiger partial charge in [0.05, 0.1) is 6.61 Å². The highest BCUT2D eigenvalue weighted by atomic mass is 19.1. The molecule has 2 aliphatic rings. The molecule has 180 valence electrons. The summed E-state index contributed by atoms with van der Waals surface area (Å²) < 4.78 is 19.9. The van der Waals surface area contributed by atoms with Gasteiger partial charge in [-0.25, -0.2) is 4.39 Å². The molecule has 0 aliphatic heterocycles. The summed E-state index contributed by atoms with van der Waals surface area (Å²) in [5.74, 6) is 3.12. The van der Waals surface area contributed by atoms with Gasteiger partial charge in [0.15, 0.2) is 11.6 Å². The van der Waals surface area contributed by atoms with E-state index in [4.69, 9.17) is 4.74 Å². The van der Waals surface area contributed by atoms with Gasteiger partial charge in [-0.05, 0) is 80.4 Å². The maximum atomic E-state index is 14.3. The van der Waals surface area contributed by atoms with Crippen LogP contribution in [-0.2, 0) is 6.42 Å². The van der Waals surface area contributed by atoms with E-state index in [1.54, 1.807) is 11.6 Å². The SMILES string of the molecule is CCCCCOc1ccc(CCC2=CCC(CCC3CCC(CCC)CC3)CC2)cc1F. The van der Waals surface area contributed by atoms with Gasteiger partial charge in [-0.1, -0.05) is 89.4 Å². The fourth-order valence-corrected chi connectivity index (χ4v) is 5.78. The quantitative estimate of drug-likeness (QED) is 0.218. The molecule has 2 heteroatoms. The van der Waals surface area contributed by atoms with E-state index >= 15 is 0 Å². The van der Waals surface area contributed by atoms with Crippen molar-refractivity contribution < 1.29 is 9.13 Å². The van der Waals surface area contributed by atoms with Crippen LogP contribution in [-0.4, -0.2) is 6.61 Å². The Labute approximate surface area is 197 Å². The summed E-state index contributed by atoms with van der Waals surface area (Å²) in [5.41, 5.74) is 2.67. The Morgan fingerprint density at radius 1 is 0.844 bits per heavy atom. The van der Waals surface area contributed by atoms with Crippen LogP contribution in [0, 0.1) is 23.6 Å². The number of allylic oxidation sites excluding steroid dienone is 2. The molecule has 0 amide bonds. The normalized spacial score (nSPS) is 23.7. The molecule has 0 bridgehead atoms. The minimum Gasteiger partial charge on any atom is -0.491 e. The van der Waals surface area contributed by atoms with Crippen LogP contribution < -0.4 is 4.74 Å². The Morgan fingerprint density at radius 3 is 2.25 bits per heavy atom. The van der Waals surface area contributed by atoms with E-state index in [0.29, 0.717) is 12.4 Å². The molecule has 1 atom stereocenters. The average Bonchev–Trinajstić information content (AvgIpc) is 2.82. The second-order valence-corrected chi connectivity index (χ2v) is 10.6. The molecule has 1 unspecified atom stereocenters. The number of aryl methyl sites for hydroxylation is 1. The summed E-state index contributed by atoms with van der Waals surface area (Å²) in [7, 11) is 0. The van der Waals surface area contributed by atoms with E-state index in [9.17, 15) is 4.39 Å². The number of halogens is 1. The summed E-state index contributed by atoms with van der Waals surface area (Å²) in [6, 6.07) is 5.54. The van der Waals surface area contributed by atoms with E-state index in [1.807, 2.05) is 12.1 Å². The van der Waals surface area contributed by atoms with Gasteiger partial charge in [-0.2, -0.15) is 0 Å². The molecule has 1 aromatic carbocycles. The number of rotatable bonds is 13. The minimum atomic E-state index is -0.208. The van der Waals surface area contributed by atoms with E-state index < -0.39 is 0 Å². The van der Waals surface area contributed by atoms with Crippen LogP contribution in [0.4, 0.5) is 4.39 Å². The highest BCUT2D eigenvalue weighted by molar-refractivity contribution is 5.30. The smallest absolute Gasteiger partial charge is 0.165 e. The van der Waals surface area contributed by atoms with Crippen molar-refractivity contribution >= 4 is 0 Å². The zero-order valence-corrected chi connectivity index (χ0v) is 20.8. The van der Waals surface area contributed by atoms with Crippen LogP contribution >= 0.6 is 0 Å². The van der Waals surface area contributed by atoms with Gasteiger partial charge >= 0.3 is 0 Å². The standard InChI is InChI=1S/C30H47FO/c1-3-5-6-22-32-30-21-20-28(23-29(30)31)19-18-27-16-14-26(15-17-27)13-12-25-10-8-24(7-4-2)9-11-25/h16,20-21,23-26H,3-15,17-19,22H2,1-2H3. The zero-order valence-electron chi connectivity index (χ0n) is 20.8. The largest absolute Gasteiger partial charge is 0.491 e. The van der Waals surface area contributed by atoms with Gasteiger partial charge < -0.3 is 4.74 Å². The lowest BCUT2D eigenvalue weighted by atomic mass is 9.76. The third-order valence-corrected chi connectivity index (χ3v) is 8.00. The molecular formula is C30H47FO. The number of benzene rings is 1. The monoisotopic (exact) mass is 442 g/mol. The van der Waals surface area contributed by atoms with Crippen molar-refractivity contribution in [3.05, 3.63) is 41.2 Å². The first-order valence-electron chi connectivity index (χ1n) is 13.8. The fraction of sp³-hybridized carbons (Fsp3) is 0.733. The Kier molecular flexibility index (Phi) is 11.1. The minimum absolute atomic E-state index is 0.208. The topological polar surface area (TPSA) is 9.23 Å². The molecule has 0 N–H and O–H groups in total. The Morgan fingerprint density at radius 2 is 1.59 bits per heavy atom. The summed E-state index contributed by atoms with van der Waals surface area (Å²) >= 11 is 0. The fourth-order valence-electron chi connectivity index (χ4n) is 5.78. The molecule has 0 heterocycles. The lowest BCUT2D eigenvalue weighted by Gasteiger charge is -2.30. The third kappa shape index (κ3) is 8.56. The maximum Gasteiger partial charge on any atom is 0.165 e. The van der Waals surface area contributed by atoms with Gasteiger partial charge in [0, 0.05) is 0 Å². The predicted octanol–water partition coefficient (Wildman–Crippen LogP) is 9.44. The summed E-state index contributed by atoms with van der Waals surface area (Å²) in [6.07, 6.45) is 23.3. The van der Waals surface area contributed by atoms with Gasteiger partial charge in [-0.15, -0.1) is 0 Å². The maximum absolute atomic E-state index is 14.3. The first kappa shape index (κ1) is 25.3. The molecule has 1 saturated carbocycles. The number of hydrogen-bond donors (Lipinski definition) is 0. The molecule has 1 aromatic rings. The van der Waals surface area contributed by atoms with Crippen molar-refractivity contribution in [3.63, 3.8) is 0 Å². The highest BCUT2D eigenvalue weighted by Crippen LogP contribution is 2.36. The lowest BCUT2D eigenvalue weighted by Crippen LogP contribution is -2.16. The first-order chi connectivity index (χ1) is 15.7. The van der Waals surface area contributed by atoms with Crippen molar-refractivity contribution in [3.8, 4) is 5.75 Å². The molecule has 0 aromatic heterocycles. The van der Waals surface area contributed by atoms with Crippen LogP contribution in [0.3, 0.4) is 0 Å². The third-order valence-electron chi connectivity index (χ3n) is 8.00. The van der Waals surface area contributed by atoms with Crippen molar-refractivity contribution in [1.29, 1.82) is 0 Å². The molecule has 3 rings (SSSR count). The predicted molar refractivity (Wildman–Crippen MR) is 135 cm³/mol. The molecule has 0 spiro atoms. The lowest BCUT2D eigenvalue weighted by molar-refractivity contribution is 0.236. The number of ether oxygens (including phenoxy) is 1. The molecule has 1 fully saturated rings. The Balaban J connectivity index is 1.33. The zero-order chi connectivity index (χ0) is 22.6. The van der Waals surface area contributed by atoms with Crippen LogP contribution in [0.1, 0.15) is 116 Å². The second-order valence-electron chi connectivity index (χ2n) is 10.6. The molecule has 0 saturated heterocycles. The van der Waals surface area contributed by atoms with E-state index in [1.165, 1.54) is 70.6 Å². The van der Waals surface area contributed by atoms with Gasteiger partial charge in [-0.3, -0.25) is 0 Å². The number of hydrogen-bond acceptors (Lipinski definition) is 1. The van der Waals surface area contributed by atoms with Crippen molar-refractivity contribution in [2.45, 2.75) is 117 Å². The highest BCUT2D eigenvalue weighted by Gasteiger charge is 2.22. The van der Waals surface area contributed by atoms with Crippen LogP contribution in [0.15, 0.2) is 29.8 Å². The molecule has 0 radical (unpaired) electrons. The van der Waals surface area contributed by atoms with Gasteiger partial charge in [0.2, 0.25) is 0 Å². The van der Waals surface area contributed by atoms with E-state index in [2.05, 4.69) is 19.9 Å². The first-order valence-corrected chi connectivity index (χ1v) is 13.8. The molecular weight excluding hydrogens is 395 g/mol. The summed E-state index contributed by atoms with van der Waals surface area (Å²) in [5, 5.41) is 0. The number of unbranched alkanes of at least 4 members (excludes halogenated alkanes) is 2. The molecule has 32 heavy (non-hydrogen) atoms. The molecule has 1 nitrogen and oxygen atoms in total. The summed E-state index contributed by atoms with van der Waals surface area (Å²) in [4.78, 5) is 0. The second kappa shape index (κ2) is 14.1. The van der Waals surface area contributed by atoms with Crippen molar-refractivity contribution in [2.24, 2.45) is 17.8 Å². The van der Waals surface area contributed by atoms with E-state index in [-0.39, 0.29) is 5.82 Å². The average molecular weight is 443 g/mol. The Hall–Kier alpha value is -1.31. The van der Waals surface area contributed by atoms with Gasteiger partial charge in [0.25, 0.3) is 0 Å². The van der Waals surface area contributed by atoms with E-state index in [0.717, 1.165) is 55.4 Å². The van der Waals surface area contributed by atoms with Crippen molar-refractivity contribution in [2.75, 3.05) is 6.61 Å². The van der Waals surface area contributed by atoms with Crippen LogP contribution in [0.5, 0.6) is 5.75 Å². The Bertz CT molecular complexity index is 686.